The Morgan fingerprint density at radius 1 is 1.62 bits per heavy atom. The lowest BCUT2D eigenvalue weighted by atomic mass is 10.1. The molecule has 0 radical (unpaired) electrons. The number of hydrogen-bond acceptors (Lipinski definition) is 3. The van der Waals surface area contributed by atoms with E-state index >= 15 is 0 Å². The summed E-state index contributed by atoms with van der Waals surface area (Å²) in [6.45, 7) is 0. The molecule has 7 heteroatoms. The van der Waals surface area contributed by atoms with E-state index in [2.05, 4.69) is 4.98 Å². The summed E-state index contributed by atoms with van der Waals surface area (Å²) in [5.41, 5.74) is 4.81. The lowest BCUT2D eigenvalue weighted by molar-refractivity contribution is -0.136. The average molecular weight is 251 g/mol. The molecule has 1 heterocycles. The van der Waals surface area contributed by atoms with E-state index in [1.165, 1.54) is 6.07 Å². The molecule has 0 saturated carbocycles. The minimum Gasteiger partial charge on any atom is -0.481 e. The average Bonchev–Trinajstić information content (AvgIpc) is 2.14. The Balaban J connectivity index is 3.32. The van der Waals surface area contributed by atoms with Crippen LogP contribution in [0.25, 0.3) is 0 Å². The van der Waals surface area contributed by atoms with Gasteiger partial charge in [-0.2, -0.15) is 0 Å². The van der Waals surface area contributed by atoms with E-state index in [0.717, 1.165) is 0 Å². The molecule has 0 aliphatic rings. The molecule has 16 heavy (non-hydrogen) atoms. The Hall–Kier alpha value is -1.43. The Labute approximate surface area is 95.0 Å². The van der Waals surface area contributed by atoms with Crippen LogP contribution in [0.4, 0.5) is 14.6 Å². The quantitative estimate of drug-likeness (QED) is 0.801. The Bertz CT molecular complexity index is 413. The van der Waals surface area contributed by atoms with Gasteiger partial charge in [-0.3, -0.25) is 4.79 Å². The molecule has 0 saturated heterocycles. The molecule has 3 N–H and O–H groups in total. The number of pyridine rings is 1. The second kappa shape index (κ2) is 5.07. The van der Waals surface area contributed by atoms with Gasteiger partial charge in [0.15, 0.2) is 0 Å². The zero-order valence-electron chi connectivity index (χ0n) is 8.08. The lowest BCUT2D eigenvalue weighted by Crippen LogP contribution is -2.10. The van der Waals surface area contributed by atoms with Gasteiger partial charge >= 0.3 is 5.97 Å². The molecule has 0 unspecified atom stereocenters. The molecule has 1 aromatic heterocycles. The van der Waals surface area contributed by atoms with Crippen LogP contribution >= 0.6 is 11.6 Å². The minimum absolute atomic E-state index is 0.0173. The first-order valence-electron chi connectivity index (χ1n) is 4.29. The predicted octanol–water partition coefficient (Wildman–Crippen LogP) is 1.97. The van der Waals surface area contributed by atoms with E-state index in [-0.39, 0.29) is 23.0 Å². The molecule has 0 spiro atoms. The van der Waals surface area contributed by atoms with Crippen LogP contribution in [-0.4, -0.2) is 16.1 Å². The number of nitrogens with zero attached hydrogens (tertiary/aromatic N) is 1. The maximum Gasteiger partial charge on any atom is 0.309 e. The summed E-state index contributed by atoms with van der Waals surface area (Å²) < 4.78 is 25.4. The van der Waals surface area contributed by atoms with Crippen LogP contribution in [0.2, 0.25) is 0 Å². The maximum absolute atomic E-state index is 12.7. The molecule has 0 amide bonds. The Kier molecular flexibility index (Phi) is 4.00. The fourth-order valence-electron chi connectivity index (χ4n) is 1.34. The van der Waals surface area contributed by atoms with Crippen LogP contribution < -0.4 is 5.73 Å². The van der Waals surface area contributed by atoms with Crippen molar-refractivity contribution in [1.29, 1.82) is 0 Å². The molecule has 0 fully saturated rings. The van der Waals surface area contributed by atoms with Crippen LogP contribution in [-0.2, 0) is 17.1 Å². The third kappa shape index (κ3) is 2.79. The van der Waals surface area contributed by atoms with E-state index in [1.54, 1.807) is 0 Å². The van der Waals surface area contributed by atoms with Gasteiger partial charge in [-0.25, -0.2) is 13.8 Å². The first-order chi connectivity index (χ1) is 7.45. The normalized spacial score (nSPS) is 10.8. The van der Waals surface area contributed by atoms with Crippen LogP contribution in [0, 0.1) is 0 Å². The molecule has 0 bridgehead atoms. The van der Waals surface area contributed by atoms with Crippen molar-refractivity contribution in [2.24, 2.45) is 0 Å². The summed E-state index contributed by atoms with van der Waals surface area (Å²) in [5.74, 6) is -1.43. The maximum atomic E-state index is 12.7. The van der Waals surface area contributed by atoms with E-state index in [1.807, 2.05) is 0 Å². The van der Waals surface area contributed by atoms with Gasteiger partial charge in [0.05, 0.1) is 12.1 Å². The van der Waals surface area contributed by atoms with Gasteiger partial charge in [-0.15, -0.1) is 11.6 Å². The number of carbonyl (C=O) groups is 1. The molecule has 1 rings (SSSR count). The topological polar surface area (TPSA) is 76.2 Å². The zero-order chi connectivity index (χ0) is 12.3. The number of nitrogen functional groups attached to an aromatic ring is 1. The van der Waals surface area contributed by atoms with Crippen molar-refractivity contribution in [1.82, 2.24) is 4.98 Å². The summed E-state index contributed by atoms with van der Waals surface area (Å²) in [7, 11) is 0. The zero-order valence-corrected chi connectivity index (χ0v) is 8.84. The SMILES string of the molecule is Nc1cc(CCl)c(C(F)F)c(CC(=O)O)n1. The second-order valence-corrected chi connectivity index (χ2v) is 3.34. The molecule has 0 aromatic carbocycles. The van der Waals surface area contributed by atoms with Crippen molar-refractivity contribution in [2.45, 2.75) is 18.7 Å². The molecule has 0 aliphatic heterocycles. The Morgan fingerprint density at radius 2 is 2.25 bits per heavy atom. The number of rotatable bonds is 4. The van der Waals surface area contributed by atoms with Crippen LogP contribution in [0.15, 0.2) is 6.07 Å². The molecule has 4 nitrogen and oxygen atoms in total. The van der Waals surface area contributed by atoms with Gasteiger partial charge in [0.1, 0.15) is 5.82 Å². The number of alkyl halides is 3. The standard InChI is InChI=1S/C9H9ClF2N2O2/c10-3-4-1-6(13)14-5(2-7(15)16)8(4)9(11)12/h1,9H,2-3H2,(H2,13,14)(H,15,16). The summed E-state index contributed by atoms with van der Waals surface area (Å²) in [5, 5.41) is 8.57. The van der Waals surface area contributed by atoms with Crippen molar-refractivity contribution in [2.75, 3.05) is 5.73 Å². The molecular formula is C9H9ClF2N2O2. The summed E-state index contributed by atoms with van der Waals surface area (Å²) in [6, 6.07) is 1.22. The van der Waals surface area contributed by atoms with E-state index in [4.69, 9.17) is 22.4 Å². The number of nitrogens with two attached hydrogens (primary N) is 1. The van der Waals surface area contributed by atoms with Gasteiger partial charge < -0.3 is 10.8 Å². The van der Waals surface area contributed by atoms with Gasteiger partial charge in [-0.05, 0) is 11.6 Å². The highest BCUT2D eigenvalue weighted by Crippen LogP contribution is 2.28. The highest BCUT2D eigenvalue weighted by Gasteiger charge is 2.21. The largest absolute Gasteiger partial charge is 0.481 e. The predicted molar refractivity (Wildman–Crippen MR) is 54.5 cm³/mol. The van der Waals surface area contributed by atoms with Crippen molar-refractivity contribution in [3.8, 4) is 0 Å². The highest BCUT2D eigenvalue weighted by atomic mass is 35.5. The number of carboxylic acids is 1. The van der Waals surface area contributed by atoms with Gasteiger partial charge in [0.2, 0.25) is 0 Å². The van der Waals surface area contributed by atoms with E-state index in [0.29, 0.717) is 0 Å². The number of aliphatic carboxylic acids is 1. The smallest absolute Gasteiger partial charge is 0.309 e. The van der Waals surface area contributed by atoms with Gasteiger partial charge in [0, 0.05) is 11.4 Å². The fourth-order valence-corrected chi connectivity index (χ4v) is 1.57. The van der Waals surface area contributed by atoms with Gasteiger partial charge in [0.25, 0.3) is 6.43 Å². The van der Waals surface area contributed by atoms with Crippen molar-refractivity contribution in [3.05, 3.63) is 22.9 Å². The summed E-state index contributed by atoms with van der Waals surface area (Å²) in [4.78, 5) is 14.1. The summed E-state index contributed by atoms with van der Waals surface area (Å²) >= 11 is 5.49. The number of carboxylic acid groups (broad SMARTS) is 1. The van der Waals surface area contributed by atoms with E-state index < -0.39 is 24.4 Å². The number of anilines is 1. The van der Waals surface area contributed by atoms with Crippen molar-refractivity contribution in [3.63, 3.8) is 0 Å². The third-order valence-electron chi connectivity index (χ3n) is 1.92. The Morgan fingerprint density at radius 3 is 2.69 bits per heavy atom. The van der Waals surface area contributed by atoms with Gasteiger partial charge in [-0.1, -0.05) is 0 Å². The molecule has 0 aliphatic carbocycles. The minimum atomic E-state index is -2.82. The number of aromatic nitrogens is 1. The van der Waals surface area contributed by atoms with Crippen LogP contribution in [0.3, 0.4) is 0 Å². The monoisotopic (exact) mass is 250 g/mol. The van der Waals surface area contributed by atoms with Crippen molar-refractivity contribution >= 4 is 23.4 Å². The first kappa shape index (κ1) is 12.6. The fraction of sp³-hybridized carbons (Fsp3) is 0.333. The highest BCUT2D eigenvalue weighted by molar-refractivity contribution is 6.17. The molecule has 88 valence electrons. The van der Waals surface area contributed by atoms with E-state index in [9.17, 15) is 13.6 Å². The second-order valence-electron chi connectivity index (χ2n) is 3.07. The summed E-state index contributed by atoms with van der Waals surface area (Å²) in [6.07, 6.45) is -3.43. The molecular weight excluding hydrogens is 242 g/mol. The number of halogens is 3. The van der Waals surface area contributed by atoms with Crippen molar-refractivity contribution < 1.29 is 18.7 Å². The molecule has 1 aromatic rings. The molecule has 0 atom stereocenters. The first-order valence-corrected chi connectivity index (χ1v) is 4.83. The lowest BCUT2D eigenvalue weighted by Gasteiger charge is -2.11. The van der Waals surface area contributed by atoms with Crippen LogP contribution in [0.5, 0.6) is 0 Å². The number of hydrogen-bond donors (Lipinski definition) is 2. The van der Waals surface area contributed by atoms with Crippen LogP contribution in [0.1, 0.15) is 23.2 Å². The third-order valence-corrected chi connectivity index (χ3v) is 2.21.